The molecule has 2 fully saturated rings. The van der Waals surface area contributed by atoms with Gasteiger partial charge in [0.2, 0.25) is 5.91 Å². The molecule has 1 unspecified atom stereocenters. The first-order chi connectivity index (χ1) is 9.98. The normalized spacial score (nSPS) is 24.3. The van der Waals surface area contributed by atoms with Crippen molar-refractivity contribution in [3.05, 3.63) is 29.8 Å². The SMILES string of the molecule is Nc1cccc(CC(=O)N2CCC3(C2)NC(=O)NC3=O)c1. The molecular weight excluding hydrogens is 272 g/mol. The van der Waals surface area contributed by atoms with Gasteiger partial charge in [-0.2, -0.15) is 0 Å². The van der Waals surface area contributed by atoms with Crippen molar-refractivity contribution in [2.75, 3.05) is 18.8 Å². The highest BCUT2D eigenvalue weighted by Gasteiger charge is 2.51. The summed E-state index contributed by atoms with van der Waals surface area (Å²) in [5, 5.41) is 4.85. The molecule has 110 valence electrons. The van der Waals surface area contributed by atoms with Crippen LogP contribution < -0.4 is 16.4 Å². The number of nitrogens with two attached hydrogens (primary N) is 1. The summed E-state index contributed by atoms with van der Waals surface area (Å²) in [6.45, 7) is 0.667. The smallest absolute Gasteiger partial charge is 0.322 e. The number of rotatable bonds is 2. The number of amides is 4. The topological polar surface area (TPSA) is 105 Å². The van der Waals surface area contributed by atoms with Crippen molar-refractivity contribution in [2.45, 2.75) is 18.4 Å². The summed E-state index contributed by atoms with van der Waals surface area (Å²) in [6.07, 6.45) is 0.671. The lowest BCUT2D eigenvalue weighted by Crippen LogP contribution is -2.49. The van der Waals surface area contributed by atoms with Gasteiger partial charge in [-0.3, -0.25) is 14.9 Å². The lowest BCUT2D eigenvalue weighted by atomic mass is 9.99. The van der Waals surface area contributed by atoms with Crippen molar-refractivity contribution in [1.82, 2.24) is 15.5 Å². The van der Waals surface area contributed by atoms with E-state index in [4.69, 9.17) is 5.73 Å². The van der Waals surface area contributed by atoms with Gasteiger partial charge in [-0.05, 0) is 24.1 Å². The zero-order chi connectivity index (χ0) is 15.0. The second kappa shape index (κ2) is 4.76. The van der Waals surface area contributed by atoms with E-state index in [1.165, 1.54) is 0 Å². The molecule has 2 saturated heterocycles. The molecule has 7 heteroatoms. The summed E-state index contributed by atoms with van der Waals surface area (Å²) < 4.78 is 0. The number of hydrogen-bond acceptors (Lipinski definition) is 4. The van der Waals surface area contributed by atoms with Crippen LogP contribution in [-0.2, 0) is 16.0 Å². The molecule has 7 nitrogen and oxygen atoms in total. The van der Waals surface area contributed by atoms with Crippen molar-refractivity contribution in [3.8, 4) is 0 Å². The average Bonchev–Trinajstić information content (AvgIpc) is 2.95. The van der Waals surface area contributed by atoms with Crippen LogP contribution in [0.1, 0.15) is 12.0 Å². The van der Waals surface area contributed by atoms with Crippen LogP contribution in [0.2, 0.25) is 0 Å². The summed E-state index contributed by atoms with van der Waals surface area (Å²) in [5.74, 6) is -0.432. The van der Waals surface area contributed by atoms with Crippen molar-refractivity contribution >= 4 is 23.5 Å². The molecule has 0 bridgehead atoms. The highest BCUT2D eigenvalue weighted by Crippen LogP contribution is 2.25. The summed E-state index contributed by atoms with van der Waals surface area (Å²) in [6, 6.07) is 6.66. The molecule has 4 amide bonds. The molecule has 1 spiro atoms. The van der Waals surface area contributed by atoms with E-state index in [0.29, 0.717) is 18.7 Å². The second-order valence-corrected chi connectivity index (χ2v) is 5.48. The third-order valence-electron chi connectivity index (χ3n) is 3.94. The Bertz CT molecular complexity index is 630. The molecule has 3 rings (SSSR count). The van der Waals surface area contributed by atoms with Gasteiger partial charge in [0, 0.05) is 12.2 Å². The molecule has 0 aromatic heterocycles. The van der Waals surface area contributed by atoms with Gasteiger partial charge < -0.3 is 16.0 Å². The van der Waals surface area contributed by atoms with Gasteiger partial charge in [-0.1, -0.05) is 12.1 Å². The predicted molar refractivity (Wildman–Crippen MR) is 75.2 cm³/mol. The second-order valence-electron chi connectivity index (χ2n) is 5.48. The maximum absolute atomic E-state index is 12.3. The van der Waals surface area contributed by atoms with E-state index < -0.39 is 11.6 Å². The Morgan fingerprint density at radius 2 is 2.19 bits per heavy atom. The molecule has 1 atom stereocenters. The van der Waals surface area contributed by atoms with Crippen molar-refractivity contribution in [1.29, 1.82) is 0 Å². The lowest BCUT2D eigenvalue weighted by molar-refractivity contribution is -0.130. The van der Waals surface area contributed by atoms with Crippen LogP contribution >= 0.6 is 0 Å². The largest absolute Gasteiger partial charge is 0.399 e. The fraction of sp³-hybridized carbons (Fsp3) is 0.357. The van der Waals surface area contributed by atoms with Gasteiger partial charge in [0.05, 0.1) is 13.0 Å². The predicted octanol–water partition coefficient (Wildman–Crippen LogP) is -0.378. The van der Waals surface area contributed by atoms with Crippen LogP contribution in [0, 0.1) is 0 Å². The standard InChI is InChI=1S/C14H16N4O3/c15-10-3-1-2-9(6-10)7-11(19)18-5-4-14(8-18)12(20)16-13(21)17-14/h1-3,6H,4-5,7-8,15H2,(H2,16,17,20,21). The molecule has 2 aliphatic rings. The lowest BCUT2D eigenvalue weighted by Gasteiger charge is -2.21. The molecule has 1 aromatic carbocycles. The van der Waals surface area contributed by atoms with Crippen LogP contribution in [0.3, 0.4) is 0 Å². The third kappa shape index (κ3) is 2.42. The van der Waals surface area contributed by atoms with Crippen molar-refractivity contribution < 1.29 is 14.4 Å². The van der Waals surface area contributed by atoms with Crippen molar-refractivity contribution in [2.24, 2.45) is 0 Å². The summed E-state index contributed by atoms with van der Waals surface area (Å²) in [5.41, 5.74) is 6.18. The van der Waals surface area contributed by atoms with Gasteiger partial charge in [0.25, 0.3) is 5.91 Å². The number of hydrogen-bond donors (Lipinski definition) is 3. The number of urea groups is 1. The zero-order valence-corrected chi connectivity index (χ0v) is 11.4. The average molecular weight is 288 g/mol. The van der Waals surface area contributed by atoms with Gasteiger partial charge in [0.1, 0.15) is 5.54 Å². The number of benzene rings is 1. The van der Waals surface area contributed by atoms with Crippen LogP contribution in [0.15, 0.2) is 24.3 Å². The number of nitrogens with one attached hydrogen (secondary N) is 2. The highest BCUT2D eigenvalue weighted by atomic mass is 16.2. The van der Waals surface area contributed by atoms with Crippen LogP contribution in [0.25, 0.3) is 0 Å². The van der Waals surface area contributed by atoms with Gasteiger partial charge in [-0.15, -0.1) is 0 Å². The highest BCUT2D eigenvalue weighted by molar-refractivity contribution is 6.07. The first-order valence-corrected chi connectivity index (χ1v) is 6.74. The summed E-state index contributed by atoms with van der Waals surface area (Å²) in [4.78, 5) is 37.0. The Hall–Kier alpha value is -2.57. The van der Waals surface area contributed by atoms with Crippen LogP contribution in [-0.4, -0.2) is 41.4 Å². The number of nitrogens with zero attached hydrogens (tertiary/aromatic N) is 1. The fourth-order valence-corrected chi connectivity index (χ4v) is 2.83. The Morgan fingerprint density at radius 3 is 2.86 bits per heavy atom. The van der Waals surface area contributed by atoms with Gasteiger partial charge >= 0.3 is 6.03 Å². The maximum Gasteiger partial charge on any atom is 0.322 e. The van der Waals surface area contributed by atoms with E-state index in [1.54, 1.807) is 23.1 Å². The first-order valence-electron chi connectivity index (χ1n) is 6.74. The molecule has 4 N–H and O–H groups in total. The minimum atomic E-state index is -0.956. The van der Waals surface area contributed by atoms with Crippen LogP contribution in [0.5, 0.6) is 0 Å². The van der Waals surface area contributed by atoms with E-state index >= 15 is 0 Å². The summed E-state index contributed by atoms with van der Waals surface area (Å²) >= 11 is 0. The molecule has 21 heavy (non-hydrogen) atoms. The number of likely N-dealkylation sites (tertiary alicyclic amines) is 1. The van der Waals surface area contributed by atoms with E-state index in [2.05, 4.69) is 10.6 Å². The quantitative estimate of drug-likeness (QED) is 0.509. The molecular formula is C14H16N4O3. The Morgan fingerprint density at radius 1 is 1.38 bits per heavy atom. The molecule has 2 heterocycles. The third-order valence-corrected chi connectivity index (χ3v) is 3.94. The van der Waals surface area contributed by atoms with E-state index in [-0.39, 0.29) is 24.8 Å². The Balaban J connectivity index is 1.67. The fourth-order valence-electron chi connectivity index (χ4n) is 2.83. The number of carbonyl (C=O) groups is 3. The van der Waals surface area contributed by atoms with Gasteiger partial charge in [-0.25, -0.2) is 4.79 Å². The van der Waals surface area contributed by atoms with Crippen LogP contribution in [0.4, 0.5) is 10.5 Å². The Labute approximate surface area is 121 Å². The number of nitrogen functional groups attached to an aromatic ring is 1. The monoisotopic (exact) mass is 288 g/mol. The van der Waals surface area contributed by atoms with Crippen molar-refractivity contribution in [3.63, 3.8) is 0 Å². The summed E-state index contributed by atoms with van der Waals surface area (Å²) in [7, 11) is 0. The minimum absolute atomic E-state index is 0.0774. The molecule has 0 saturated carbocycles. The molecule has 1 aromatic rings. The molecule has 0 aliphatic carbocycles. The number of imide groups is 1. The van der Waals surface area contributed by atoms with E-state index in [1.807, 2.05) is 6.07 Å². The maximum atomic E-state index is 12.3. The van der Waals surface area contributed by atoms with E-state index in [9.17, 15) is 14.4 Å². The number of anilines is 1. The Kier molecular flexibility index (Phi) is 3.04. The van der Waals surface area contributed by atoms with Gasteiger partial charge in [0.15, 0.2) is 0 Å². The minimum Gasteiger partial charge on any atom is -0.399 e. The number of carbonyl (C=O) groups excluding carboxylic acids is 3. The first kappa shape index (κ1) is 13.4. The zero-order valence-electron chi connectivity index (χ0n) is 11.4. The molecule has 2 aliphatic heterocycles. The van der Waals surface area contributed by atoms with E-state index in [0.717, 1.165) is 5.56 Å². The molecule has 0 radical (unpaired) electrons.